The number of nitrogens with one attached hydrogen (secondary N) is 1. The summed E-state index contributed by atoms with van der Waals surface area (Å²) < 4.78 is 29.2. The van der Waals surface area contributed by atoms with Gasteiger partial charge in [-0.05, 0) is 125 Å². The highest BCUT2D eigenvalue weighted by molar-refractivity contribution is 5.60. The Balaban J connectivity index is 1.06. The summed E-state index contributed by atoms with van der Waals surface area (Å²) in [6, 6.07) is 24.1. The van der Waals surface area contributed by atoms with Gasteiger partial charge in [0, 0.05) is 105 Å². The monoisotopic (exact) mass is 746 g/mol. The van der Waals surface area contributed by atoms with Crippen LogP contribution in [0.15, 0.2) is 85.2 Å². The lowest BCUT2D eigenvalue weighted by molar-refractivity contribution is 0.191. The van der Waals surface area contributed by atoms with Crippen LogP contribution in [0, 0.1) is 23.5 Å². The minimum Gasteiger partial charge on any atom is -0.380 e. The number of anilines is 6. The van der Waals surface area contributed by atoms with Crippen LogP contribution < -0.4 is 29.8 Å². The molecule has 0 spiro atoms. The van der Waals surface area contributed by atoms with E-state index >= 15 is 0 Å². The van der Waals surface area contributed by atoms with E-state index < -0.39 is 0 Å². The van der Waals surface area contributed by atoms with Crippen molar-refractivity contribution in [3.63, 3.8) is 0 Å². The van der Waals surface area contributed by atoms with E-state index in [0.29, 0.717) is 17.9 Å². The van der Waals surface area contributed by atoms with Crippen molar-refractivity contribution in [1.29, 1.82) is 0 Å². The minimum atomic E-state index is -0.229. The fourth-order valence-electron chi connectivity index (χ4n) is 10.7. The molecule has 0 bridgehead atoms. The zero-order chi connectivity index (χ0) is 37.3. The highest BCUT2D eigenvalue weighted by atomic mass is 19.1. The van der Waals surface area contributed by atoms with Gasteiger partial charge >= 0.3 is 0 Å². The number of pyridine rings is 2. The molecule has 2 aromatic carbocycles. The second-order valence-electron chi connectivity index (χ2n) is 16.7. The summed E-state index contributed by atoms with van der Waals surface area (Å²) in [6.45, 7) is 9.08. The van der Waals surface area contributed by atoms with Crippen molar-refractivity contribution in [3.05, 3.63) is 96.8 Å². The molecular weight excluding hydrogens is 691 g/mol. The van der Waals surface area contributed by atoms with Crippen molar-refractivity contribution < 1.29 is 8.78 Å². The van der Waals surface area contributed by atoms with Crippen LogP contribution in [0.4, 0.5) is 43.2 Å². The molecule has 2 aromatic heterocycles. The van der Waals surface area contributed by atoms with E-state index in [1.165, 1.54) is 56.0 Å². The van der Waals surface area contributed by atoms with Crippen molar-refractivity contribution in [2.45, 2.75) is 88.9 Å². The Labute approximate surface area is 325 Å². The van der Waals surface area contributed by atoms with E-state index in [4.69, 9.17) is 9.97 Å². The zero-order valence-corrected chi connectivity index (χ0v) is 32.2. The van der Waals surface area contributed by atoms with E-state index in [9.17, 15) is 8.78 Å². The number of fused-ring (bicyclic) bond motifs is 1. The summed E-state index contributed by atoms with van der Waals surface area (Å²) in [5, 5.41) is 3.76. The molecule has 5 saturated heterocycles. The molecule has 2 unspecified atom stereocenters. The van der Waals surface area contributed by atoms with E-state index in [0.717, 1.165) is 88.1 Å². The highest BCUT2D eigenvalue weighted by Gasteiger charge is 2.50. The molecule has 1 N–H and O–H groups in total. The van der Waals surface area contributed by atoms with Gasteiger partial charge in [-0.15, -0.1) is 0 Å². The normalized spacial score (nSPS) is 27.3. The average molecular weight is 747 g/mol. The molecule has 7 heterocycles. The number of benzene rings is 2. The second kappa shape index (κ2) is 15.9. The fourth-order valence-corrected chi connectivity index (χ4v) is 10.7. The molecule has 0 aliphatic carbocycles. The van der Waals surface area contributed by atoms with Gasteiger partial charge in [0.25, 0.3) is 0 Å². The lowest BCUT2D eigenvalue weighted by Crippen LogP contribution is -2.59. The van der Waals surface area contributed by atoms with E-state index in [2.05, 4.69) is 67.1 Å². The summed E-state index contributed by atoms with van der Waals surface area (Å²) in [7, 11) is 0. The largest absolute Gasteiger partial charge is 0.380 e. The van der Waals surface area contributed by atoms with E-state index in [1.807, 2.05) is 24.5 Å². The Bertz CT molecular complexity index is 1920. The van der Waals surface area contributed by atoms with Crippen molar-refractivity contribution in [2.24, 2.45) is 11.8 Å². The fraction of sp³-hybridized carbons (Fsp3) is 0.511. The maximum Gasteiger partial charge on any atom is 0.130 e. The summed E-state index contributed by atoms with van der Waals surface area (Å²) >= 11 is 0. The third-order valence-corrected chi connectivity index (χ3v) is 13.3. The van der Waals surface area contributed by atoms with Crippen LogP contribution in [-0.4, -0.2) is 79.9 Å². The van der Waals surface area contributed by atoms with Crippen LogP contribution in [0.25, 0.3) is 0 Å². The lowest BCUT2D eigenvalue weighted by Gasteiger charge is -2.51. The maximum absolute atomic E-state index is 14.7. The first-order valence-corrected chi connectivity index (χ1v) is 21.0. The summed E-state index contributed by atoms with van der Waals surface area (Å²) in [6.07, 6.45) is 14.4. The molecule has 0 radical (unpaired) electrons. The number of piperidine rings is 4. The first-order chi connectivity index (χ1) is 27.0. The number of nitrogens with zero attached hydrogens (tertiary/aromatic N) is 7. The highest BCUT2D eigenvalue weighted by Crippen LogP contribution is 2.45. The predicted octanol–water partition coefficient (Wildman–Crippen LogP) is 8.60. The first-order valence-electron chi connectivity index (χ1n) is 21.0. The molecule has 290 valence electrons. The molecule has 0 amide bonds. The zero-order valence-electron chi connectivity index (χ0n) is 32.2. The third-order valence-electron chi connectivity index (χ3n) is 13.3. The molecule has 5 aliphatic heterocycles. The van der Waals surface area contributed by atoms with Gasteiger partial charge in [0.2, 0.25) is 0 Å². The van der Waals surface area contributed by atoms with Crippen LogP contribution in [0.5, 0.6) is 0 Å². The number of halogens is 2. The summed E-state index contributed by atoms with van der Waals surface area (Å²) in [5.74, 6) is 2.35. The Kier molecular flexibility index (Phi) is 10.4. The Hall–Kier alpha value is -4.60. The van der Waals surface area contributed by atoms with Gasteiger partial charge in [-0.3, -0.25) is 0 Å². The van der Waals surface area contributed by atoms with Gasteiger partial charge in [0.15, 0.2) is 0 Å². The Morgan fingerprint density at radius 3 is 2.16 bits per heavy atom. The minimum absolute atomic E-state index is 0.109. The number of aromatic nitrogens is 2. The van der Waals surface area contributed by atoms with Crippen LogP contribution in [0.1, 0.15) is 64.7 Å². The maximum atomic E-state index is 14.7. The second-order valence-corrected chi connectivity index (χ2v) is 16.7. The van der Waals surface area contributed by atoms with Crippen LogP contribution in [0.2, 0.25) is 0 Å². The van der Waals surface area contributed by atoms with Crippen molar-refractivity contribution in [2.75, 3.05) is 75.6 Å². The summed E-state index contributed by atoms with van der Waals surface area (Å²) in [4.78, 5) is 22.7. The topological polar surface area (TPSA) is 54.0 Å². The standard InChI is InChI=1S/C45H56F2N8/c1-32-9-3-6-22-53(32)40-15-19-49-44(29-40)55-24-17-42-45(55)41(16-23-54(42)39-13-8-11-35(47)27-39)33-25-37(50-36-12-7-10-34(46)26-36)31-52(30-33)43-28-38(14-18-48-43)51-20-4-2-5-21-51/h7-8,10-15,18-19,26-29,32-33,37,41-42,45,50H,2-6,9,16-17,20-25,30-31H2,1H3/t32-,33?,37+,41?,42-,45-/m0/s1. The number of hydrogen-bond donors (Lipinski definition) is 1. The predicted molar refractivity (Wildman–Crippen MR) is 221 cm³/mol. The van der Waals surface area contributed by atoms with E-state index in [1.54, 1.807) is 24.3 Å². The lowest BCUT2D eigenvalue weighted by atomic mass is 9.73. The number of rotatable bonds is 8. The van der Waals surface area contributed by atoms with Gasteiger partial charge in [-0.2, -0.15) is 0 Å². The quantitative estimate of drug-likeness (QED) is 0.193. The van der Waals surface area contributed by atoms with Gasteiger partial charge in [-0.25, -0.2) is 18.7 Å². The third kappa shape index (κ3) is 7.66. The Morgan fingerprint density at radius 1 is 0.618 bits per heavy atom. The van der Waals surface area contributed by atoms with Crippen LogP contribution in [0.3, 0.4) is 0 Å². The molecule has 0 saturated carbocycles. The van der Waals surface area contributed by atoms with Crippen molar-refractivity contribution >= 4 is 34.4 Å². The molecular formula is C45H56F2N8. The number of hydrogen-bond acceptors (Lipinski definition) is 8. The SMILES string of the molecule is C[C@H]1CCCCN1c1ccnc(N2CC[C@H]3[C@@H]2C(C2C[C@@H](Nc4cccc(F)c4)CN(c4cc(N5CCCCC5)ccn4)C2)CCN3c2cccc(F)c2)c1. The molecule has 4 aromatic rings. The summed E-state index contributed by atoms with van der Waals surface area (Å²) in [5.41, 5.74) is 4.29. The molecule has 9 rings (SSSR count). The molecule has 10 heteroatoms. The van der Waals surface area contributed by atoms with Gasteiger partial charge in [0.05, 0.1) is 12.1 Å². The molecule has 5 aliphatic rings. The molecule has 5 fully saturated rings. The van der Waals surface area contributed by atoms with Crippen molar-refractivity contribution in [3.8, 4) is 0 Å². The van der Waals surface area contributed by atoms with Gasteiger partial charge < -0.3 is 29.8 Å². The van der Waals surface area contributed by atoms with E-state index in [-0.39, 0.29) is 29.8 Å². The van der Waals surface area contributed by atoms with Gasteiger partial charge in [-0.1, -0.05) is 12.1 Å². The van der Waals surface area contributed by atoms with Crippen LogP contribution >= 0.6 is 0 Å². The van der Waals surface area contributed by atoms with Gasteiger partial charge in [0.1, 0.15) is 23.3 Å². The molecule has 55 heavy (non-hydrogen) atoms. The van der Waals surface area contributed by atoms with Crippen molar-refractivity contribution in [1.82, 2.24) is 9.97 Å². The van der Waals surface area contributed by atoms with Crippen LogP contribution in [-0.2, 0) is 0 Å². The Morgan fingerprint density at radius 2 is 1.35 bits per heavy atom. The molecule has 6 atom stereocenters. The first kappa shape index (κ1) is 36.1. The average Bonchev–Trinajstić information content (AvgIpc) is 3.67. The smallest absolute Gasteiger partial charge is 0.130 e. The molecule has 8 nitrogen and oxygen atoms in total.